The fourth-order valence-electron chi connectivity index (χ4n) is 2.98. The third-order valence-corrected chi connectivity index (χ3v) is 4.38. The number of carbonyl (C=O) groups is 2. The maximum absolute atomic E-state index is 12.3. The molecule has 1 aromatic heterocycles. The quantitative estimate of drug-likeness (QED) is 0.750. The highest BCUT2D eigenvalue weighted by Crippen LogP contribution is 2.18. The number of rotatable bonds is 7. The minimum Gasteiger partial charge on any atom is -0.354 e. The molecule has 136 valence electrons. The Kier molecular flexibility index (Phi) is 6.91. The second-order valence-electron chi connectivity index (χ2n) is 6.13. The summed E-state index contributed by atoms with van der Waals surface area (Å²) in [5.41, 5.74) is 1.01. The normalized spacial score (nSPS) is 17.0. The number of aryl methyl sites for hydroxylation is 1. The van der Waals surface area contributed by atoms with Gasteiger partial charge >= 0.3 is 0 Å². The van der Waals surface area contributed by atoms with E-state index < -0.39 is 0 Å². The Labute approximate surface area is 149 Å². The number of piperidine rings is 1. The van der Waals surface area contributed by atoms with Gasteiger partial charge in [-0.1, -0.05) is 13.5 Å². The van der Waals surface area contributed by atoms with Gasteiger partial charge in [0.1, 0.15) is 12.1 Å². The van der Waals surface area contributed by atoms with Gasteiger partial charge in [-0.25, -0.2) is 9.97 Å². The zero-order valence-electron chi connectivity index (χ0n) is 15.1. The fourth-order valence-corrected chi connectivity index (χ4v) is 2.98. The fraction of sp³-hybridized carbons (Fsp3) is 0.556. The standard InChI is InChI=1S/C18H27N5O2/c1-4-14-10-16(20-13-19-14)23-9-7-8-15(11-23)21-17(24)12-22(6-3)18(25)5-2/h5,10,13,15H,2,4,6-9,11-12H2,1,3H3,(H,21,24). The van der Waals surface area contributed by atoms with Crippen LogP contribution in [0.1, 0.15) is 32.4 Å². The van der Waals surface area contributed by atoms with Crippen LogP contribution in [0.3, 0.4) is 0 Å². The van der Waals surface area contributed by atoms with Crippen LogP contribution < -0.4 is 10.2 Å². The van der Waals surface area contributed by atoms with Gasteiger partial charge in [0.25, 0.3) is 0 Å². The molecule has 7 heteroatoms. The van der Waals surface area contributed by atoms with E-state index in [0.29, 0.717) is 13.1 Å². The van der Waals surface area contributed by atoms with Crippen molar-refractivity contribution < 1.29 is 9.59 Å². The Morgan fingerprint density at radius 1 is 1.44 bits per heavy atom. The molecule has 25 heavy (non-hydrogen) atoms. The number of nitrogens with one attached hydrogen (secondary N) is 1. The maximum Gasteiger partial charge on any atom is 0.246 e. The van der Waals surface area contributed by atoms with Gasteiger partial charge in [-0.15, -0.1) is 0 Å². The summed E-state index contributed by atoms with van der Waals surface area (Å²) in [6.07, 6.45) is 5.61. The highest BCUT2D eigenvalue weighted by atomic mass is 16.2. The number of anilines is 1. The average Bonchev–Trinajstić information content (AvgIpc) is 2.65. The molecule has 7 nitrogen and oxygen atoms in total. The summed E-state index contributed by atoms with van der Waals surface area (Å²) < 4.78 is 0. The molecule has 1 aromatic rings. The average molecular weight is 345 g/mol. The van der Waals surface area contributed by atoms with Crippen LogP contribution in [0.15, 0.2) is 25.0 Å². The summed E-state index contributed by atoms with van der Waals surface area (Å²) in [6.45, 7) is 9.56. The number of amides is 2. The Morgan fingerprint density at radius 2 is 2.24 bits per heavy atom. The van der Waals surface area contributed by atoms with E-state index in [1.54, 1.807) is 6.33 Å². The maximum atomic E-state index is 12.3. The first-order valence-corrected chi connectivity index (χ1v) is 8.83. The van der Waals surface area contributed by atoms with Crippen LogP contribution in [0.25, 0.3) is 0 Å². The molecule has 0 saturated carbocycles. The SMILES string of the molecule is C=CC(=O)N(CC)CC(=O)NC1CCCN(c2cc(CC)ncn2)C1. The topological polar surface area (TPSA) is 78.4 Å². The van der Waals surface area contributed by atoms with E-state index in [-0.39, 0.29) is 24.4 Å². The first kappa shape index (κ1) is 18.9. The van der Waals surface area contributed by atoms with Crippen molar-refractivity contribution in [2.45, 2.75) is 39.2 Å². The summed E-state index contributed by atoms with van der Waals surface area (Å²) in [5.74, 6) is 0.541. The van der Waals surface area contributed by atoms with Crippen molar-refractivity contribution in [3.63, 3.8) is 0 Å². The van der Waals surface area contributed by atoms with Crippen LogP contribution in [-0.2, 0) is 16.0 Å². The molecule has 0 radical (unpaired) electrons. The van der Waals surface area contributed by atoms with E-state index in [9.17, 15) is 9.59 Å². The summed E-state index contributed by atoms with van der Waals surface area (Å²) in [4.78, 5) is 36.2. The molecule has 1 atom stereocenters. The first-order chi connectivity index (χ1) is 12.1. The smallest absolute Gasteiger partial charge is 0.246 e. The third kappa shape index (κ3) is 5.27. The molecule has 1 fully saturated rings. The second-order valence-corrected chi connectivity index (χ2v) is 6.13. The molecule has 0 bridgehead atoms. The van der Waals surface area contributed by atoms with Crippen LogP contribution in [0.4, 0.5) is 5.82 Å². The molecule has 1 aliphatic rings. The summed E-state index contributed by atoms with van der Waals surface area (Å²) in [5, 5.41) is 3.04. The van der Waals surface area contributed by atoms with Gasteiger partial charge in [-0.2, -0.15) is 0 Å². The zero-order chi connectivity index (χ0) is 18.2. The van der Waals surface area contributed by atoms with Crippen LogP contribution in [0.2, 0.25) is 0 Å². The van der Waals surface area contributed by atoms with Crippen LogP contribution in [0, 0.1) is 0 Å². The Bertz CT molecular complexity index is 619. The van der Waals surface area contributed by atoms with Crippen molar-refractivity contribution in [1.82, 2.24) is 20.2 Å². The first-order valence-electron chi connectivity index (χ1n) is 8.83. The van der Waals surface area contributed by atoms with Gasteiger partial charge in [0.2, 0.25) is 11.8 Å². The van der Waals surface area contributed by atoms with Gasteiger partial charge in [-0.3, -0.25) is 9.59 Å². The summed E-state index contributed by atoms with van der Waals surface area (Å²) >= 11 is 0. The van der Waals surface area contributed by atoms with Crippen LogP contribution in [0.5, 0.6) is 0 Å². The number of hydrogen-bond acceptors (Lipinski definition) is 5. The summed E-state index contributed by atoms with van der Waals surface area (Å²) in [6, 6.07) is 2.06. The number of aromatic nitrogens is 2. The molecule has 2 amide bonds. The second kappa shape index (κ2) is 9.15. The number of hydrogen-bond donors (Lipinski definition) is 1. The zero-order valence-corrected chi connectivity index (χ0v) is 15.1. The minimum absolute atomic E-state index is 0.0545. The van der Waals surface area contributed by atoms with Gasteiger partial charge in [0.05, 0.1) is 6.54 Å². The molecule has 0 spiro atoms. The van der Waals surface area contributed by atoms with E-state index in [4.69, 9.17) is 0 Å². The Hall–Kier alpha value is -2.44. The summed E-state index contributed by atoms with van der Waals surface area (Å²) in [7, 11) is 0. The van der Waals surface area contributed by atoms with Crippen molar-refractivity contribution in [3.8, 4) is 0 Å². The lowest BCUT2D eigenvalue weighted by Crippen LogP contribution is -2.50. The molecule has 1 unspecified atom stereocenters. The van der Waals surface area contributed by atoms with Crippen molar-refractivity contribution in [2.75, 3.05) is 31.1 Å². The highest BCUT2D eigenvalue weighted by Gasteiger charge is 2.23. The predicted molar refractivity (Wildman–Crippen MR) is 97.2 cm³/mol. The van der Waals surface area contributed by atoms with E-state index in [1.807, 2.05) is 13.0 Å². The molecule has 1 saturated heterocycles. The number of carbonyl (C=O) groups excluding carboxylic acids is 2. The Morgan fingerprint density at radius 3 is 2.92 bits per heavy atom. The predicted octanol–water partition coefficient (Wildman–Crippen LogP) is 1.16. The van der Waals surface area contributed by atoms with Gasteiger partial charge in [0, 0.05) is 37.4 Å². The Balaban J connectivity index is 1.93. The highest BCUT2D eigenvalue weighted by molar-refractivity contribution is 5.90. The molecule has 1 N–H and O–H groups in total. The van der Waals surface area contributed by atoms with Gasteiger partial charge in [0.15, 0.2) is 0 Å². The minimum atomic E-state index is -0.226. The molecule has 2 rings (SSSR count). The van der Waals surface area contributed by atoms with Gasteiger partial charge < -0.3 is 15.1 Å². The molecular formula is C18H27N5O2. The lowest BCUT2D eigenvalue weighted by Gasteiger charge is -2.34. The number of nitrogens with zero attached hydrogens (tertiary/aromatic N) is 4. The largest absolute Gasteiger partial charge is 0.354 e. The monoisotopic (exact) mass is 345 g/mol. The molecule has 1 aliphatic heterocycles. The van der Waals surface area contributed by atoms with Crippen LogP contribution >= 0.6 is 0 Å². The molecule has 2 heterocycles. The van der Waals surface area contributed by atoms with E-state index in [0.717, 1.165) is 37.3 Å². The van der Waals surface area contributed by atoms with Crippen molar-refractivity contribution in [2.24, 2.45) is 0 Å². The lowest BCUT2D eigenvalue weighted by molar-refractivity contribution is -0.132. The van der Waals surface area contributed by atoms with Gasteiger partial charge in [-0.05, 0) is 32.3 Å². The molecular weight excluding hydrogens is 318 g/mol. The van der Waals surface area contributed by atoms with Crippen molar-refractivity contribution in [1.29, 1.82) is 0 Å². The van der Waals surface area contributed by atoms with E-state index >= 15 is 0 Å². The van der Waals surface area contributed by atoms with E-state index in [2.05, 4.69) is 33.7 Å². The third-order valence-electron chi connectivity index (χ3n) is 4.38. The van der Waals surface area contributed by atoms with E-state index in [1.165, 1.54) is 11.0 Å². The molecule has 0 aliphatic carbocycles. The van der Waals surface area contributed by atoms with Crippen molar-refractivity contribution in [3.05, 3.63) is 30.7 Å². The van der Waals surface area contributed by atoms with Crippen molar-refractivity contribution >= 4 is 17.6 Å². The lowest BCUT2D eigenvalue weighted by atomic mass is 10.1. The molecule has 0 aromatic carbocycles. The van der Waals surface area contributed by atoms with Crippen LogP contribution in [-0.4, -0.2) is 58.9 Å². The number of likely N-dealkylation sites (N-methyl/N-ethyl adjacent to an activating group) is 1.